The maximum Gasteiger partial charge on any atom is 0.0236 e. The summed E-state index contributed by atoms with van der Waals surface area (Å²) in [6.45, 7) is 6.12. The Kier molecular flexibility index (Phi) is 2.94. The Labute approximate surface area is 97.6 Å². The summed E-state index contributed by atoms with van der Waals surface area (Å²) in [5.41, 5.74) is 3.10. The number of fused-ring (bicyclic) bond motifs is 1. The van der Waals surface area contributed by atoms with Crippen molar-refractivity contribution in [3.8, 4) is 0 Å². The Bertz CT molecular complexity index is 356. The Morgan fingerprint density at radius 2 is 2.12 bits per heavy atom. The van der Waals surface area contributed by atoms with Crippen LogP contribution in [-0.2, 0) is 13.0 Å². The molecular weight excluding hydrogens is 196 g/mol. The zero-order chi connectivity index (χ0) is 10.8. The van der Waals surface area contributed by atoms with E-state index < -0.39 is 0 Å². The first kappa shape index (κ1) is 10.3. The average Bonchev–Trinajstić information content (AvgIpc) is 2.82. The topological polar surface area (TPSA) is 15.3 Å². The van der Waals surface area contributed by atoms with Gasteiger partial charge in [0.15, 0.2) is 0 Å². The van der Waals surface area contributed by atoms with Gasteiger partial charge >= 0.3 is 0 Å². The third kappa shape index (κ3) is 2.13. The van der Waals surface area contributed by atoms with Gasteiger partial charge in [0.05, 0.1) is 0 Å². The minimum atomic E-state index is 0.880. The second-order valence-electron chi connectivity index (χ2n) is 5.11. The molecule has 2 heteroatoms. The van der Waals surface area contributed by atoms with Crippen LogP contribution >= 0.6 is 0 Å². The highest BCUT2D eigenvalue weighted by Crippen LogP contribution is 2.20. The highest BCUT2D eigenvalue weighted by Gasteiger charge is 2.21. The van der Waals surface area contributed by atoms with Crippen LogP contribution < -0.4 is 5.32 Å². The van der Waals surface area contributed by atoms with Crippen molar-refractivity contribution in [2.24, 2.45) is 5.92 Å². The normalized spacial score (nSPS) is 25.6. The molecule has 1 saturated heterocycles. The molecule has 0 radical (unpaired) electrons. The fraction of sp³-hybridized carbons (Fsp3) is 0.571. The van der Waals surface area contributed by atoms with E-state index in [0.717, 1.165) is 12.5 Å². The van der Waals surface area contributed by atoms with Crippen LogP contribution in [0, 0.1) is 5.92 Å². The number of rotatable bonds is 2. The summed E-state index contributed by atoms with van der Waals surface area (Å²) < 4.78 is 0. The lowest BCUT2D eigenvalue weighted by Crippen LogP contribution is -2.35. The molecule has 0 spiro atoms. The molecule has 0 unspecified atom stereocenters. The number of nitrogens with zero attached hydrogens (tertiary/aromatic N) is 1. The summed E-state index contributed by atoms with van der Waals surface area (Å²) in [4.78, 5) is 2.62. The van der Waals surface area contributed by atoms with Gasteiger partial charge in [-0.1, -0.05) is 24.3 Å². The van der Waals surface area contributed by atoms with Crippen LogP contribution in [0.15, 0.2) is 24.3 Å². The molecular formula is C14H20N2. The first-order chi connectivity index (χ1) is 7.92. The molecule has 0 aliphatic carbocycles. The fourth-order valence-electron chi connectivity index (χ4n) is 2.95. The van der Waals surface area contributed by atoms with Crippen molar-refractivity contribution in [1.29, 1.82) is 0 Å². The van der Waals surface area contributed by atoms with Crippen molar-refractivity contribution in [2.45, 2.75) is 19.4 Å². The van der Waals surface area contributed by atoms with E-state index >= 15 is 0 Å². The van der Waals surface area contributed by atoms with Crippen LogP contribution in [0.5, 0.6) is 0 Å². The van der Waals surface area contributed by atoms with Gasteiger partial charge in [0, 0.05) is 19.6 Å². The highest BCUT2D eigenvalue weighted by molar-refractivity contribution is 5.29. The lowest BCUT2D eigenvalue weighted by molar-refractivity contribution is 0.220. The summed E-state index contributed by atoms with van der Waals surface area (Å²) in [7, 11) is 0. The van der Waals surface area contributed by atoms with Crippen molar-refractivity contribution in [2.75, 3.05) is 26.2 Å². The Balaban J connectivity index is 1.63. The number of hydrogen-bond donors (Lipinski definition) is 1. The first-order valence-corrected chi connectivity index (χ1v) is 6.41. The molecule has 1 fully saturated rings. The number of benzene rings is 1. The molecule has 2 nitrogen and oxygen atoms in total. The number of hydrogen-bond acceptors (Lipinski definition) is 2. The van der Waals surface area contributed by atoms with Crippen molar-refractivity contribution < 1.29 is 0 Å². The summed E-state index contributed by atoms with van der Waals surface area (Å²) in [5, 5.41) is 3.45. The van der Waals surface area contributed by atoms with Crippen LogP contribution in [0.1, 0.15) is 17.5 Å². The van der Waals surface area contributed by atoms with E-state index in [1.165, 1.54) is 39.0 Å². The zero-order valence-electron chi connectivity index (χ0n) is 9.78. The second kappa shape index (κ2) is 4.56. The van der Waals surface area contributed by atoms with Crippen LogP contribution in [-0.4, -0.2) is 31.1 Å². The Hall–Kier alpha value is -0.860. The van der Waals surface area contributed by atoms with Crippen molar-refractivity contribution in [3.63, 3.8) is 0 Å². The molecule has 1 aromatic carbocycles. The Morgan fingerprint density at radius 3 is 2.94 bits per heavy atom. The lowest BCUT2D eigenvalue weighted by Gasteiger charge is -2.30. The van der Waals surface area contributed by atoms with Crippen molar-refractivity contribution in [1.82, 2.24) is 10.2 Å². The molecule has 0 bridgehead atoms. The third-order valence-corrected chi connectivity index (χ3v) is 3.89. The molecule has 86 valence electrons. The molecule has 2 aliphatic heterocycles. The van der Waals surface area contributed by atoms with Gasteiger partial charge in [-0.3, -0.25) is 4.90 Å². The molecule has 0 aromatic heterocycles. The third-order valence-electron chi connectivity index (χ3n) is 3.89. The summed E-state index contributed by atoms with van der Waals surface area (Å²) in [6, 6.07) is 8.90. The van der Waals surface area contributed by atoms with Crippen molar-refractivity contribution in [3.05, 3.63) is 35.4 Å². The molecule has 1 N–H and O–H groups in total. The van der Waals surface area contributed by atoms with E-state index in [2.05, 4.69) is 34.5 Å². The molecule has 2 heterocycles. The summed E-state index contributed by atoms with van der Waals surface area (Å²) in [6.07, 6.45) is 2.59. The van der Waals surface area contributed by atoms with E-state index in [0.29, 0.717) is 0 Å². The quantitative estimate of drug-likeness (QED) is 0.808. The Morgan fingerprint density at radius 1 is 1.25 bits per heavy atom. The molecule has 0 saturated carbocycles. The van der Waals surface area contributed by atoms with Gasteiger partial charge < -0.3 is 5.32 Å². The van der Waals surface area contributed by atoms with Crippen LogP contribution in [0.2, 0.25) is 0 Å². The molecule has 16 heavy (non-hydrogen) atoms. The number of nitrogens with one attached hydrogen (secondary N) is 1. The van der Waals surface area contributed by atoms with Gasteiger partial charge in [0.25, 0.3) is 0 Å². The van der Waals surface area contributed by atoms with Crippen molar-refractivity contribution >= 4 is 0 Å². The van der Waals surface area contributed by atoms with Gasteiger partial charge in [-0.15, -0.1) is 0 Å². The molecule has 0 amide bonds. The van der Waals surface area contributed by atoms with E-state index in [-0.39, 0.29) is 0 Å². The maximum atomic E-state index is 3.45. The van der Waals surface area contributed by atoms with E-state index in [9.17, 15) is 0 Å². The van der Waals surface area contributed by atoms with Gasteiger partial charge in [-0.2, -0.15) is 0 Å². The highest BCUT2D eigenvalue weighted by atomic mass is 15.1. The summed E-state index contributed by atoms with van der Waals surface area (Å²) in [5.74, 6) is 0.880. The molecule has 2 aliphatic rings. The van der Waals surface area contributed by atoms with E-state index in [1.54, 1.807) is 11.1 Å². The monoisotopic (exact) mass is 216 g/mol. The smallest absolute Gasteiger partial charge is 0.0236 e. The maximum absolute atomic E-state index is 3.45. The second-order valence-corrected chi connectivity index (χ2v) is 5.11. The fourth-order valence-corrected chi connectivity index (χ4v) is 2.95. The van der Waals surface area contributed by atoms with Gasteiger partial charge in [0.2, 0.25) is 0 Å². The van der Waals surface area contributed by atoms with Crippen LogP contribution in [0.3, 0.4) is 0 Å². The van der Waals surface area contributed by atoms with Gasteiger partial charge in [-0.05, 0) is 43.0 Å². The largest absolute Gasteiger partial charge is 0.316 e. The summed E-state index contributed by atoms with van der Waals surface area (Å²) >= 11 is 0. The average molecular weight is 216 g/mol. The molecule has 3 rings (SSSR count). The lowest BCUT2D eigenvalue weighted by atomic mass is 9.98. The van der Waals surface area contributed by atoms with Gasteiger partial charge in [0.1, 0.15) is 0 Å². The predicted octanol–water partition coefficient (Wildman–Crippen LogP) is 1.65. The van der Waals surface area contributed by atoms with Crippen LogP contribution in [0.25, 0.3) is 0 Å². The zero-order valence-corrected chi connectivity index (χ0v) is 9.78. The minimum absolute atomic E-state index is 0.880. The van der Waals surface area contributed by atoms with Crippen LogP contribution in [0.4, 0.5) is 0 Å². The van der Waals surface area contributed by atoms with E-state index in [4.69, 9.17) is 0 Å². The molecule has 1 aromatic rings. The molecule has 1 atom stereocenters. The standard InChI is InChI=1S/C14H20N2/c1-2-4-14-11-16(8-6-13(14)3-1)10-12-5-7-15-9-12/h1-4,12,15H,5-11H2/t12-/m1/s1. The first-order valence-electron chi connectivity index (χ1n) is 6.41. The predicted molar refractivity (Wildman–Crippen MR) is 66.4 cm³/mol. The minimum Gasteiger partial charge on any atom is -0.316 e. The SMILES string of the molecule is c1ccc2c(c1)CCN(C[C@@H]1CCNC1)C2. The van der Waals surface area contributed by atoms with E-state index in [1.807, 2.05) is 0 Å². The van der Waals surface area contributed by atoms with Gasteiger partial charge in [-0.25, -0.2) is 0 Å².